The van der Waals surface area contributed by atoms with Crippen LogP contribution in [0.2, 0.25) is 0 Å². The van der Waals surface area contributed by atoms with Crippen LogP contribution >= 0.6 is 0 Å². The Morgan fingerprint density at radius 2 is 2.06 bits per heavy atom. The highest BCUT2D eigenvalue weighted by atomic mass is 16.8. The number of methoxy groups -OCH3 is 1. The average Bonchev–Trinajstić information content (AvgIpc) is 2.68. The van der Waals surface area contributed by atoms with Gasteiger partial charge in [-0.25, -0.2) is 0 Å². The summed E-state index contributed by atoms with van der Waals surface area (Å²) in [4.78, 5) is 0. The molecule has 2 rings (SSSR count). The molecule has 2 heterocycles. The van der Waals surface area contributed by atoms with Crippen molar-refractivity contribution in [2.45, 2.75) is 50.3 Å². The van der Waals surface area contributed by atoms with Crippen molar-refractivity contribution in [1.29, 1.82) is 0 Å². The first-order chi connectivity index (χ1) is 7.48. The highest BCUT2D eigenvalue weighted by Gasteiger charge is 2.56. The van der Waals surface area contributed by atoms with Gasteiger partial charge in [-0.2, -0.15) is 0 Å². The average molecular weight is 234 g/mol. The molecule has 0 amide bonds. The van der Waals surface area contributed by atoms with E-state index in [4.69, 9.17) is 24.1 Å². The molecule has 0 aromatic rings. The lowest BCUT2D eigenvalue weighted by atomic mass is 10.1. The van der Waals surface area contributed by atoms with Gasteiger partial charge in [-0.15, -0.1) is 0 Å². The van der Waals surface area contributed by atoms with E-state index in [-0.39, 0.29) is 12.7 Å². The van der Waals surface area contributed by atoms with Gasteiger partial charge in [0.1, 0.15) is 24.4 Å². The minimum atomic E-state index is -0.995. The van der Waals surface area contributed by atoms with E-state index in [1.54, 1.807) is 13.8 Å². The first kappa shape index (κ1) is 12.2. The van der Waals surface area contributed by atoms with Crippen LogP contribution in [0.5, 0.6) is 0 Å². The van der Waals surface area contributed by atoms with Crippen LogP contribution < -0.4 is 0 Å². The third-order valence-electron chi connectivity index (χ3n) is 2.87. The second-order valence-corrected chi connectivity index (χ2v) is 4.52. The molecule has 6 heteroatoms. The monoisotopic (exact) mass is 234 g/mol. The summed E-state index contributed by atoms with van der Waals surface area (Å²) in [5.41, 5.74) is 0. The summed E-state index contributed by atoms with van der Waals surface area (Å²) in [7, 11) is 1.52. The molecule has 2 aliphatic rings. The third-order valence-corrected chi connectivity index (χ3v) is 2.87. The number of hydrogen-bond donors (Lipinski definition) is 2. The van der Waals surface area contributed by atoms with Gasteiger partial charge in [0.05, 0.1) is 6.61 Å². The highest BCUT2D eigenvalue weighted by molar-refractivity contribution is 4.96. The standard InChI is InChI=1S/C10H18O6/c1-10(2)15-8-7(13-3)6(5(12)4-11)14-9(8)16-10/h5-9,11-12H,4H2,1-3H3/t5-,6?,7-,8+,9+/m0/s1. The summed E-state index contributed by atoms with van der Waals surface area (Å²) in [5.74, 6) is -0.707. The molecule has 2 fully saturated rings. The summed E-state index contributed by atoms with van der Waals surface area (Å²) in [5, 5.41) is 18.5. The van der Waals surface area contributed by atoms with Crippen molar-refractivity contribution in [2.24, 2.45) is 0 Å². The second-order valence-electron chi connectivity index (χ2n) is 4.52. The van der Waals surface area contributed by atoms with E-state index < -0.39 is 30.4 Å². The van der Waals surface area contributed by atoms with E-state index in [9.17, 15) is 5.11 Å². The minimum absolute atomic E-state index is 0.369. The van der Waals surface area contributed by atoms with Crippen LogP contribution in [0.25, 0.3) is 0 Å². The van der Waals surface area contributed by atoms with Crippen LogP contribution in [-0.2, 0) is 18.9 Å². The SMILES string of the molecule is CO[C@H]1C([C@@H](O)CO)O[C@@H]2OC(C)(C)O[C@@H]21. The summed E-state index contributed by atoms with van der Waals surface area (Å²) >= 11 is 0. The second kappa shape index (κ2) is 4.21. The maximum absolute atomic E-state index is 9.58. The minimum Gasteiger partial charge on any atom is -0.394 e. The largest absolute Gasteiger partial charge is 0.394 e. The summed E-state index contributed by atoms with van der Waals surface area (Å²) < 4.78 is 21.9. The van der Waals surface area contributed by atoms with Crippen molar-refractivity contribution in [2.75, 3.05) is 13.7 Å². The molecule has 6 nitrogen and oxygen atoms in total. The maximum Gasteiger partial charge on any atom is 0.190 e. The smallest absolute Gasteiger partial charge is 0.190 e. The zero-order valence-electron chi connectivity index (χ0n) is 9.62. The van der Waals surface area contributed by atoms with Crippen LogP contribution in [-0.4, -0.2) is 60.4 Å². The van der Waals surface area contributed by atoms with Gasteiger partial charge in [0.15, 0.2) is 12.1 Å². The van der Waals surface area contributed by atoms with Crippen molar-refractivity contribution in [1.82, 2.24) is 0 Å². The Morgan fingerprint density at radius 3 is 2.62 bits per heavy atom. The lowest BCUT2D eigenvalue weighted by molar-refractivity contribution is -0.229. The summed E-state index contributed by atoms with van der Waals surface area (Å²) in [6.45, 7) is 3.20. The topological polar surface area (TPSA) is 77.4 Å². The molecule has 0 aromatic carbocycles. The van der Waals surface area contributed by atoms with Gasteiger partial charge >= 0.3 is 0 Å². The van der Waals surface area contributed by atoms with Gasteiger partial charge in [-0.05, 0) is 13.8 Å². The van der Waals surface area contributed by atoms with Gasteiger partial charge in [-0.1, -0.05) is 0 Å². The number of aliphatic hydroxyl groups is 2. The highest BCUT2D eigenvalue weighted by Crippen LogP contribution is 2.39. The fraction of sp³-hybridized carbons (Fsp3) is 1.00. The fourth-order valence-electron chi connectivity index (χ4n) is 2.19. The van der Waals surface area contributed by atoms with E-state index in [1.807, 2.05) is 0 Å². The molecule has 2 saturated heterocycles. The van der Waals surface area contributed by atoms with Crippen molar-refractivity contribution >= 4 is 0 Å². The molecule has 0 bridgehead atoms. The van der Waals surface area contributed by atoms with Crippen LogP contribution in [0.15, 0.2) is 0 Å². The molecule has 0 radical (unpaired) electrons. The van der Waals surface area contributed by atoms with E-state index in [0.29, 0.717) is 0 Å². The Morgan fingerprint density at radius 1 is 1.38 bits per heavy atom. The molecule has 2 N–H and O–H groups in total. The first-order valence-corrected chi connectivity index (χ1v) is 5.31. The van der Waals surface area contributed by atoms with Gasteiger partial charge < -0.3 is 29.2 Å². The number of aliphatic hydroxyl groups excluding tert-OH is 2. The number of ether oxygens (including phenoxy) is 4. The van der Waals surface area contributed by atoms with Crippen molar-refractivity contribution < 1.29 is 29.2 Å². The number of hydrogen-bond acceptors (Lipinski definition) is 6. The van der Waals surface area contributed by atoms with Crippen molar-refractivity contribution in [3.63, 3.8) is 0 Å². The summed E-state index contributed by atoms with van der Waals surface area (Å²) in [6.07, 6.45) is -2.97. The van der Waals surface area contributed by atoms with E-state index >= 15 is 0 Å². The Kier molecular flexibility index (Phi) is 3.22. The zero-order valence-corrected chi connectivity index (χ0v) is 9.62. The van der Waals surface area contributed by atoms with Crippen LogP contribution in [0.3, 0.4) is 0 Å². The van der Waals surface area contributed by atoms with Gasteiger partial charge in [0, 0.05) is 7.11 Å². The molecule has 0 aliphatic carbocycles. The maximum atomic E-state index is 9.58. The van der Waals surface area contributed by atoms with Crippen LogP contribution in [0.4, 0.5) is 0 Å². The zero-order chi connectivity index (χ0) is 11.9. The molecule has 16 heavy (non-hydrogen) atoms. The van der Waals surface area contributed by atoms with Crippen LogP contribution in [0.1, 0.15) is 13.8 Å². The Hall–Kier alpha value is -0.240. The lowest BCUT2D eigenvalue weighted by Gasteiger charge is -2.26. The first-order valence-electron chi connectivity index (χ1n) is 5.31. The Balaban J connectivity index is 2.09. The van der Waals surface area contributed by atoms with Crippen LogP contribution in [0, 0.1) is 0 Å². The molecular weight excluding hydrogens is 216 g/mol. The molecule has 5 atom stereocenters. The van der Waals surface area contributed by atoms with E-state index in [0.717, 1.165) is 0 Å². The molecular formula is C10H18O6. The molecule has 0 saturated carbocycles. The number of fused-ring (bicyclic) bond motifs is 1. The summed E-state index contributed by atoms with van der Waals surface area (Å²) in [6, 6.07) is 0. The Labute approximate surface area is 94.1 Å². The normalized spacial score (nSPS) is 43.3. The predicted octanol–water partition coefficient (Wildman–Crippen LogP) is -0.769. The molecule has 1 unspecified atom stereocenters. The molecule has 0 spiro atoms. The van der Waals surface area contributed by atoms with Gasteiger partial charge in [-0.3, -0.25) is 0 Å². The number of rotatable bonds is 3. The molecule has 94 valence electrons. The van der Waals surface area contributed by atoms with Gasteiger partial charge in [0.25, 0.3) is 0 Å². The van der Waals surface area contributed by atoms with Gasteiger partial charge in [0.2, 0.25) is 0 Å². The van der Waals surface area contributed by atoms with Crippen molar-refractivity contribution in [3.05, 3.63) is 0 Å². The fourth-order valence-corrected chi connectivity index (χ4v) is 2.19. The quantitative estimate of drug-likeness (QED) is 0.668. The lowest BCUT2D eigenvalue weighted by Crippen LogP contribution is -2.43. The van der Waals surface area contributed by atoms with E-state index in [2.05, 4.69) is 0 Å². The molecule has 2 aliphatic heterocycles. The third kappa shape index (κ3) is 1.97. The van der Waals surface area contributed by atoms with Crippen molar-refractivity contribution in [3.8, 4) is 0 Å². The molecule has 0 aromatic heterocycles. The predicted molar refractivity (Wildman–Crippen MR) is 52.6 cm³/mol. The Bertz CT molecular complexity index is 256. The van der Waals surface area contributed by atoms with E-state index in [1.165, 1.54) is 7.11 Å².